The molecule has 1 aromatic heterocycles. The molecule has 1 rings (SSSR count). The van der Waals surface area contributed by atoms with E-state index in [1.807, 2.05) is 25.1 Å². The third kappa shape index (κ3) is 4.32. The Bertz CT molecular complexity index is 325. The van der Waals surface area contributed by atoms with Crippen molar-refractivity contribution in [1.82, 2.24) is 10.4 Å². The van der Waals surface area contributed by atoms with E-state index in [0.717, 1.165) is 11.4 Å². The second-order valence-electron chi connectivity index (χ2n) is 2.39. The molecule has 0 unspecified atom stereocenters. The third-order valence-electron chi connectivity index (χ3n) is 1.37. The van der Waals surface area contributed by atoms with Gasteiger partial charge in [-0.2, -0.15) is 5.10 Å². The predicted molar refractivity (Wildman–Crippen MR) is 56.4 cm³/mol. The Morgan fingerprint density at radius 3 is 2.79 bits per heavy atom. The van der Waals surface area contributed by atoms with Crippen LogP contribution in [-0.4, -0.2) is 15.8 Å². The molecule has 1 radical (unpaired) electrons. The maximum Gasteiger partial charge on any atom is 0.184 e. The van der Waals surface area contributed by atoms with Crippen LogP contribution in [0.15, 0.2) is 29.5 Å². The number of aromatic nitrogens is 1. The van der Waals surface area contributed by atoms with E-state index in [0.29, 0.717) is 0 Å². The van der Waals surface area contributed by atoms with Crippen molar-refractivity contribution in [2.45, 2.75) is 6.92 Å². The first-order valence-electron chi connectivity index (χ1n) is 3.71. The van der Waals surface area contributed by atoms with Gasteiger partial charge in [0.25, 0.3) is 0 Å². The van der Waals surface area contributed by atoms with Crippen molar-refractivity contribution in [2.75, 3.05) is 0 Å². The summed E-state index contributed by atoms with van der Waals surface area (Å²) in [4.78, 5) is 4.10. The smallest absolute Gasteiger partial charge is 0.184 e. The van der Waals surface area contributed by atoms with Crippen LogP contribution in [0.25, 0.3) is 0 Å². The maximum atomic E-state index is 5.21. The fraction of sp³-hybridized carbons (Fsp3) is 0.125. The molecule has 0 fully saturated rings. The van der Waals surface area contributed by atoms with Gasteiger partial charge in [-0.3, -0.25) is 10.4 Å². The molecule has 0 aliphatic heterocycles. The van der Waals surface area contributed by atoms with Gasteiger partial charge in [0.15, 0.2) is 5.11 Å². The van der Waals surface area contributed by atoms with Gasteiger partial charge < -0.3 is 5.73 Å². The molecular formula is C8H10CuN4S. The summed E-state index contributed by atoms with van der Waals surface area (Å²) in [6.07, 6.45) is 1.70. The summed E-state index contributed by atoms with van der Waals surface area (Å²) in [6.45, 7) is 1.83. The molecule has 14 heavy (non-hydrogen) atoms. The number of hydrogen-bond acceptors (Lipinski definition) is 3. The first kappa shape index (κ1) is 13.0. The van der Waals surface area contributed by atoms with E-state index in [1.54, 1.807) is 6.20 Å². The van der Waals surface area contributed by atoms with E-state index in [1.165, 1.54) is 0 Å². The monoisotopic (exact) mass is 257 g/mol. The summed E-state index contributed by atoms with van der Waals surface area (Å²) < 4.78 is 0. The Morgan fingerprint density at radius 2 is 2.29 bits per heavy atom. The standard InChI is InChI=1S/C8H10N4S.Cu/c1-6(11-12-8(9)13)7-4-2-3-5-10-7;/h2-5H,1H3,(H3,9,12,13);. The largest absolute Gasteiger partial charge is 0.375 e. The Balaban J connectivity index is 0.00000169. The SMILES string of the molecule is CC(=NNC(N)=S)c1ccccn1.[Cu]. The van der Waals surface area contributed by atoms with Crippen molar-refractivity contribution < 1.29 is 17.1 Å². The van der Waals surface area contributed by atoms with Crippen LogP contribution in [0.4, 0.5) is 0 Å². The number of nitrogens with zero attached hydrogens (tertiary/aromatic N) is 2. The van der Waals surface area contributed by atoms with Gasteiger partial charge >= 0.3 is 0 Å². The van der Waals surface area contributed by atoms with Crippen LogP contribution >= 0.6 is 12.2 Å². The van der Waals surface area contributed by atoms with Crippen LogP contribution in [-0.2, 0) is 17.1 Å². The number of nitrogens with one attached hydrogen (secondary N) is 1. The van der Waals surface area contributed by atoms with Crippen LogP contribution in [0.2, 0.25) is 0 Å². The molecule has 0 saturated carbocycles. The molecule has 0 aliphatic carbocycles. The van der Waals surface area contributed by atoms with Crippen molar-refractivity contribution in [3.63, 3.8) is 0 Å². The molecule has 79 valence electrons. The second kappa shape index (κ2) is 6.48. The van der Waals surface area contributed by atoms with E-state index < -0.39 is 0 Å². The van der Waals surface area contributed by atoms with Gasteiger partial charge in [0.05, 0.1) is 11.4 Å². The maximum absolute atomic E-state index is 5.21. The van der Waals surface area contributed by atoms with Crippen molar-refractivity contribution in [1.29, 1.82) is 0 Å². The molecule has 6 heteroatoms. The summed E-state index contributed by atoms with van der Waals surface area (Å²) in [5.74, 6) is 0. The Kier molecular flexibility index (Phi) is 6.03. The van der Waals surface area contributed by atoms with Crippen LogP contribution in [0.5, 0.6) is 0 Å². The van der Waals surface area contributed by atoms with E-state index in [4.69, 9.17) is 5.73 Å². The number of hydrazone groups is 1. The van der Waals surface area contributed by atoms with Crippen LogP contribution in [0, 0.1) is 0 Å². The number of thiocarbonyl (C=S) groups is 1. The molecule has 0 saturated heterocycles. The summed E-state index contributed by atoms with van der Waals surface area (Å²) in [6, 6.07) is 5.60. The van der Waals surface area contributed by atoms with Gasteiger partial charge in [-0.25, -0.2) is 0 Å². The van der Waals surface area contributed by atoms with Crippen LogP contribution < -0.4 is 11.2 Å². The van der Waals surface area contributed by atoms with Crippen molar-refractivity contribution in [3.05, 3.63) is 30.1 Å². The summed E-state index contributed by atoms with van der Waals surface area (Å²) >= 11 is 4.60. The average molecular weight is 258 g/mol. The predicted octanol–water partition coefficient (Wildman–Crippen LogP) is 0.636. The molecule has 0 aliphatic rings. The molecule has 4 nitrogen and oxygen atoms in total. The van der Waals surface area contributed by atoms with Gasteiger partial charge in [-0.1, -0.05) is 6.07 Å². The van der Waals surface area contributed by atoms with E-state index in [9.17, 15) is 0 Å². The molecule has 0 bridgehead atoms. The Labute approximate surface area is 98.5 Å². The van der Waals surface area contributed by atoms with E-state index in [2.05, 4.69) is 27.7 Å². The zero-order valence-corrected chi connectivity index (χ0v) is 9.25. The average Bonchev–Trinajstić information content (AvgIpc) is 2.15. The quantitative estimate of drug-likeness (QED) is 0.353. The second-order valence-corrected chi connectivity index (χ2v) is 2.83. The number of nitrogens with two attached hydrogens (primary N) is 1. The molecule has 0 atom stereocenters. The zero-order chi connectivity index (χ0) is 9.68. The molecule has 0 spiro atoms. The fourth-order valence-corrected chi connectivity index (χ4v) is 0.819. The summed E-state index contributed by atoms with van der Waals surface area (Å²) in [5.41, 5.74) is 9.25. The van der Waals surface area contributed by atoms with Crippen LogP contribution in [0.1, 0.15) is 12.6 Å². The first-order valence-corrected chi connectivity index (χ1v) is 4.12. The summed E-state index contributed by atoms with van der Waals surface area (Å²) in [7, 11) is 0. The third-order valence-corrected chi connectivity index (χ3v) is 1.46. The minimum atomic E-state index is 0. The van der Waals surface area contributed by atoms with Crippen LogP contribution in [0.3, 0.4) is 0 Å². The van der Waals surface area contributed by atoms with Crippen molar-refractivity contribution in [3.8, 4) is 0 Å². The van der Waals surface area contributed by atoms with Gasteiger partial charge in [0.2, 0.25) is 0 Å². The zero-order valence-electron chi connectivity index (χ0n) is 7.49. The molecular weight excluding hydrogens is 248 g/mol. The minimum Gasteiger partial charge on any atom is -0.375 e. The molecule has 0 aromatic carbocycles. The number of hydrogen-bond donors (Lipinski definition) is 2. The fourth-order valence-electron chi connectivity index (χ4n) is 0.773. The van der Waals surface area contributed by atoms with Gasteiger partial charge in [0, 0.05) is 23.3 Å². The van der Waals surface area contributed by atoms with Gasteiger partial charge in [-0.15, -0.1) is 0 Å². The van der Waals surface area contributed by atoms with E-state index >= 15 is 0 Å². The van der Waals surface area contributed by atoms with Gasteiger partial charge in [-0.05, 0) is 31.3 Å². The Morgan fingerprint density at radius 1 is 1.57 bits per heavy atom. The first-order chi connectivity index (χ1) is 6.20. The number of pyridine rings is 1. The number of rotatable bonds is 2. The van der Waals surface area contributed by atoms with Gasteiger partial charge in [0.1, 0.15) is 0 Å². The molecule has 0 amide bonds. The normalized spacial score (nSPS) is 10.2. The minimum absolute atomic E-state index is 0. The molecule has 1 heterocycles. The molecule has 1 aromatic rings. The van der Waals surface area contributed by atoms with Crippen molar-refractivity contribution >= 4 is 23.0 Å². The van der Waals surface area contributed by atoms with Crippen molar-refractivity contribution in [2.24, 2.45) is 10.8 Å². The summed E-state index contributed by atoms with van der Waals surface area (Å²) in [5, 5.41) is 4.08. The molecule has 3 N–H and O–H groups in total. The topological polar surface area (TPSA) is 63.3 Å². The Hall–Kier alpha value is -0.971. The van der Waals surface area contributed by atoms with E-state index in [-0.39, 0.29) is 22.2 Å².